The van der Waals surface area contributed by atoms with Gasteiger partial charge in [-0.2, -0.15) is 8.78 Å². The van der Waals surface area contributed by atoms with Crippen LogP contribution in [0.3, 0.4) is 0 Å². The van der Waals surface area contributed by atoms with Crippen LogP contribution < -0.4 is 15.2 Å². The number of nitrogens with zero attached hydrogens (tertiary/aromatic N) is 6. The molecule has 0 aliphatic carbocycles. The molecule has 0 radical (unpaired) electrons. The van der Waals surface area contributed by atoms with Gasteiger partial charge in [-0.1, -0.05) is 31.2 Å². The maximum Gasteiger partial charge on any atom is 0.387 e. The van der Waals surface area contributed by atoms with E-state index in [0.717, 1.165) is 11.1 Å². The fourth-order valence-electron chi connectivity index (χ4n) is 5.21. The van der Waals surface area contributed by atoms with Crippen LogP contribution in [0.4, 0.5) is 14.7 Å². The molecule has 12 heteroatoms. The predicted molar refractivity (Wildman–Crippen MR) is 150 cm³/mol. The van der Waals surface area contributed by atoms with E-state index in [0.29, 0.717) is 42.0 Å². The third-order valence-electron chi connectivity index (χ3n) is 7.53. The summed E-state index contributed by atoms with van der Waals surface area (Å²) >= 11 is 0. The fraction of sp³-hybridized carbons (Fsp3) is 0.379. The van der Waals surface area contributed by atoms with Crippen LogP contribution in [0.5, 0.6) is 5.75 Å². The van der Waals surface area contributed by atoms with Crippen LogP contribution >= 0.6 is 0 Å². The van der Waals surface area contributed by atoms with Crippen LogP contribution in [0, 0.1) is 5.92 Å². The van der Waals surface area contributed by atoms with Crippen LogP contribution in [-0.2, 0) is 18.4 Å². The van der Waals surface area contributed by atoms with Crippen molar-refractivity contribution in [3.63, 3.8) is 0 Å². The number of anilines is 1. The lowest BCUT2D eigenvalue weighted by molar-refractivity contribution is -0.138. The van der Waals surface area contributed by atoms with Crippen molar-refractivity contribution in [3.8, 4) is 16.9 Å². The number of hydrogen-bond donors (Lipinski definition) is 1. The molecule has 0 unspecified atom stereocenters. The average molecular weight is 567 g/mol. The number of amides is 1. The summed E-state index contributed by atoms with van der Waals surface area (Å²) in [6.07, 6.45) is 3.44. The number of carbonyl (C=O) groups excluding carboxylic acids is 1. The third-order valence-corrected chi connectivity index (χ3v) is 7.53. The monoisotopic (exact) mass is 566 g/mol. The van der Waals surface area contributed by atoms with Crippen LogP contribution in [0.2, 0.25) is 0 Å². The molecule has 10 nitrogen and oxygen atoms in total. The smallest absolute Gasteiger partial charge is 0.387 e. The lowest BCUT2D eigenvalue weighted by atomic mass is 10.1. The second kappa shape index (κ2) is 11.7. The molecule has 1 saturated heterocycles. The number of piperazine rings is 1. The van der Waals surface area contributed by atoms with Crippen molar-refractivity contribution >= 4 is 22.8 Å². The van der Waals surface area contributed by atoms with E-state index in [1.165, 1.54) is 10.7 Å². The lowest BCUT2D eigenvalue weighted by Gasteiger charge is -2.40. The number of benzene rings is 2. The molecule has 1 aliphatic rings. The predicted octanol–water partition coefficient (Wildman–Crippen LogP) is 3.11. The second-order valence-electron chi connectivity index (χ2n) is 10.3. The summed E-state index contributed by atoms with van der Waals surface area (Å²) in [5.41, 5.74) is 2.49. The summed E-state index contributed by atoms with van der Waals surface area (Å²) in [5.74, 6) is 0.116. The highest BCUT2D eigenvalue weighted by Gasteiger charge is 2.30. The Balaban J connectivity index is 1.39. The zero-order valence-corrected chi connectivity index (χ0v) is 23.1. The summed E-state index contributed by atoms with van der Waals surface area (Å²) in [4.78, 5) is 38.5. The molecule has 1 aliphatic heterocycles. The quantitative estimate of drug-likeness (QED) is 0.349. The molecule has 0 saturated carbocycles. The first-order valence-corrected chi connectivity index (χ1v) is 13.4. The minimum Gasteiger partial charge on any atom is -0.434 e. The number of fused-ring (bicyclic) bond motifs is 1. The van der Waals surface area contributed by atoms with E-state index in [1.807, 2.05) is 24.0 Å². The number of aromatic nitrogens is 4. The van der Waals surface area contributed by atoms with Gasteiger partial charge in [-0.15, -0.1) is 0 Å². The van der Waals surface area contributed by atoms with Crippen molar-refractivity contribution in [2.24, 2.45) is 13.0 Å². The molecule has 1 fully saturated rings. The SMILES string of the molecule is C[C@@H]1CN(c2ncc(-c3ccc4c(=O)n(C)n(Cc5ccccc5OC(F)F)c4c3)cn2)CCN1C(=O)[C@@H](C)CO. The van der Waals surface area contributed by atoms with E-state index in [1.54, 1.807) is 60.2 Å². The number of ether oxygens (including phenoxy) is 1. The molecule has 0 spiro atoms. The van der Waals surface area contributed by atoms with E-state index in [2.05, 4.69) is 14.7 Å². The summed E-state index contributed by atoms with van der Waals surface area (Å²) in [5, 5.41) is 9.84. The van der Waals surface area contributed by atoms with Crippen LogP contribution in [0.1, 0.15) is 19.4 Å². The molecular formula is C29H32F2N6O4. The summed E-state index contributed by atoms with van der Waals surface area (Å²) in [7, 11) is 1.63. The maximum absolute atomic E-state index is 13.0. The topological polar surface area (TPSA) is 106 Å². The lowest BCUT2D eigenvalue weighted by Crippen LogP contribution is -2.55. The highest BCUT2D eigenvalue weighted by atomic mass is 19.3. The van der Waals surface area contributed by atoms with Gasteiger partial charge in [0.2, 0.25) is 11.9 Å². The summed E-state index contributed by atoms with van der Waals surface area (Å²) < 4.78 is 33.8. The standard InChI is InChI=1S/C29H32F2N6O4/c1-18(17-38)26(39)36-11-10-35(15-19(36)2)29-32-13-22(14-33-29)20-8-9-23-24(12-20)37(34(3)27(23)40)16-21-6-4-5-7-25(21)41-28(30)31/h4-9,12-14,18-19,28,38H,10-11,15-17H2,1-3H3/t18-,19+/m0/s1. The Kier molecular flexibility index (Phi) is 8.02. The van der Waals surface area contributed by atoms with Gasteiger partial charge in [-0.3, -0.25) is 19.0 Å². The van der Waals surface area contributed by atoms with Gasteiger partial charge in [0.05, 0.1) is 30.0 Å². The molecule has 41 heavy (non-hydrogen) atoms. The van der Waals surface area contributed by atoms with Crippen molar-refractivity contribution < 1.29 is 23.4 Å². The number of aliphatic hydroxyl groups is 1. The number of para-hydroxylation sites is 1. The molecule has 0 bridgehead atoms. The van der Waals surface area contributed by atoms with Crippen LogP contribution in [0.25, 0.3) is 22.0 Å². The van der Waals surface area contributed by atoms with E-state index in [4.69, 9.17) is 0 Å². The Labute approximate surface area is 235 Å². The van der Waals surface area contributed by atoms with Crippen LogP contribution in [-0.4, -0.2) is 74.1 Å². The molecule has 2 aromatic heterocycles. The van der Waals surface area contributed by atoms with E-state index < -0.39 is 12.5 Å². The highest BCUT2D eigenvalue weighted by Crippen LogP contribution is 2.27. The molecule has 1 amide bonds. The largest absolute Gasteiger partial charge is 0.434 e. The molecule has 2 atom stereocenters. The van der Waals surface area contributed by atoms with Crippen molar-refractivity contribution in [3.05, 3.63) is 70.8 Å². The van der Waals surface area contributed by atoms with Gasteiger partial charge in [-0.25, -0.2) is 9.97 Å². The molecule has 4 aromatic rings. The molecule has 216 valence electrons. The van der Waals surface area contributed by atoms with E-state index in [-0.39, 0.29) is 36.4 Å². The summed E-state index contributed by atoms with van der Waals surface area (Å²) in [6, 6.07) is 11.9. The van der Waals surface area contributed by atoms with E-state index in [9.17, 15) is 23.5 Å². The minimum absolute atomic E-state index is 0.0537. The van der Waals surface area contributed by atoms with Gasteiger partial charge in [0.15, 0.2) is 0 Å². The van der Waals surface area contributed by atoms with Crippen molar-refractivity contribution in [1.82, 2.24) is 24.2 Å². The Hall–Kier alpha value is -4.32. The number of rotatable bonds is 8. The van der Waals surface area contributed by atoms with E-state index >= 15 is 0 Å². The Morgan fingerprint density at radius 2 is 1.85 bits per heavy atom. The van der Waals surface area contributed by atoms with Crippen molar-refractivity contribution in [2.75, 3.05) is 31.1 Å². The number of aliphatic hydroxyl groups excluding tert-OH is 1. The van der Waals surface area contributed by atoms with Gasteiger partial charge in [0.25, 0.3) is 5.56 Å². The van der Waals surface area contributed by atoms with Gasteiger partial charge < -0.3 is 19.6 Å². The average Bonchev–Trinajstić information content (AvgIpc) is 3.21. The zero-order chi connectivity index (χ0) is 29.3. The molecular weight excluding hydrogens is 534 g/mol. The highest BCUT2D eigenvalue weighted by molar-refractivity contribution is 5.84. The minimum atomic E-state index is -2.96. The van der Waals surface area contributed by atoms with Gasteiger partial charge >= 0.3 is 6.61 Å². The molecule has 5 rings (SSSR count). The molecule has 2 aromatic carbocycles. The maximum atomic E-state index is 13.0. The Morgan fingerprint density at radius 1 is 1.12 bits per heavy atom. The van der Waals surface area contributed by atoms with Gasteiger partial charge in [0, 0.05) is 56.2 Å². The Morgan fingerprint density at radius 3 is 2.54 bits per heavy atom. The second-order valence-corrected chi connectivity index (χ2v) is 10.3. The summed E-state index contributed by atoms with van der Waals surface area (Å²) in [6.45, 7) is 2.37. The van der Waals surface area contributed by atoms with Gasteiger partial charge in [-0.05, 0) is 30.7 Å². The number of halogens is 2. The van der Waals surface area contributed by atoms with Crippen LogP contribution in [0.15, 0.2) is 59.7 Å². The molecule has 1 N–H and O–H groups in total. The third kappa shape index (κ3) is 5.64. The van der Waals surface area contributed by atoms with Crippen molar-refractivity contribution in [1.29, 1.82) is 0 Å². The fourth-order valence-corrected chi connectivity index (χ4v) is 5.21. The first-order valence-electron chi connectivity index (χ1n) is 13.4. The molecule has 3 heterocycles. The number of carbonyl (C=O) groups is 1. The first-order chi connectivity index (χ1) is 19.7. The number of alkyl halides is 2. The normalized spacial score (nSPS) is 16.4. The Bertz CT molecular complexity index is 1600. The zero-order valence-electron chi connectivity index (χ0n) is 23.1. The first kappa shape index (κ1) is 28.2. The number of hydrogen-bond acceptors (Lipinski definition) is 7. The van der Waals surface area contributed by atoms with Gasteiger partial charge in [0.1, 0.15) is 5.75 Å². The van der Waals surface area contributed by atoms with Crippen molar-refractivity contribution in [2.45, 2.75) is 33.0 Å².